The third-order valence-corrected chi connectivity index (χ3v) is 6.26. The highest BCUT2D eigenvalue weighted by Gasteiger charge is 2.36. The number of aromatic nitrogens is 4. The van der Waals surface area contributed by atoms with Crippen LogP contribution in [-0.2, 0) is 7.05 Å². The van der Waals surface area contributed by atoms with Gasteiger partial charge >= 0.3 is 5.69 Å². The van der Waals surface area contributed by atoms with Gasteiger partial charge in [0, 0.05) is 38.0 Å². The van der Waals surface area contributed by atoms with Gasteiger partial charge in [-0.3, -0.25) is 4.57 Å². The molecule has 1 aliphatic heterocycles. The Bertz CT molecular complexity index is 1260. The molecule has 178 valence electrons. The van der Waals surface area contributed by atoms with Gasteiger partial charge in [-0.2, -0.15) is 10.2 Å². The molecular formula is C25H30N6O3. The van der Waals surface area contributed by atoms with Crippen molar-refractivity contribution in [3.8, 4) is 17.7 Å². The number of rotatable bonds is 6. The number of pyridine rings is 2. The fourth-order valence-electron chi connectivity index (χ4n) is 4.44. The van der Waals surface area contributed by atoms with Gasteiger partial charge < -0.3 is 14.4 Å². The molecule has 0 radical (unpaired) electrons. The highest BCUT2D eigenvalue weighted by Crippen LogP contribution is 2.33. The SMILES string of the molecule is CC[C@@H]1CN(c2nc(=O)n(C)c3ccc(C#N)nc23)C(C)CC1Oc1ccc(OC(C)C)cn1. The predicted molar refractivity (Wildman–Crippen MR) is 129 cm³/mol. The molecule has 0 aliphatic carbocycles. The maximum absolute atomic E-state index is 12.6. The van der Waals surface area contributed by atoms with Crippen LogP contribution in [0, 0.1) is 17.2 Å². The largest absolute Gasteiger partial charge is 0.489 e. The zero-order valence-electron chi connectivity index (χ0n) is 20.2. The van der Waals surface area contributed by atoms with Gasteiger partial charge in [-0.1, -0.05) is 6.92 Å². The average Bonchev–Trinajstić information content (AvgIpc) is 2.82. The summed E-state index contributed by atoms with van der Waals surface area (Å²) >= 11 is 0. The van der Waals surface area contributed by atoms with Crippen molar-refractivity contribution in [2.45, 2.75) is 58.8 Å². The maximum Gasteiger partial charge on any atom is 0.349 e. The summed E-state index contributed by atoms with van der Waals surface area (Å²) in [5, 5.41) is 9.34. The van der Waals surface area contributed by atoms with E-state index in [4.69, 9.17) is 9.47 Å². The van der Waals surface area contributed by atoms with E-state index in [2.05, 4.69) is 39.8 Å². The van der Waals surface area contributed by atoms with Crippen LogP contribution in [-0.4, -0.2) is 44.3 Å². The van der Waals surface area contributed by atoms with Gasteiger partial charge in [-0.05, 0) is 45.4 Å². The minimum absolute atomic E-state index is 0.0268. The molecule has 0 N–H and O–H groups in total. The monoisotopic (exact) mass is 462 g/mol. The summed E-state index contributed by atoms with van der Waals surface area (Å²) in [4.78, 5) is 28.0. The third kappa shape index (κ3) is 4.67. The van der Waals surface area contributed by atoms with Crippen LogP contribution < -0.4 is 20.1 Å². The number of piperidine rings is 1. The second-order valence-corrected chi connectivity index (χ2v) is 9.01. The van der Waals surface area contributed by atoms with E-state index in [0.29, 0.717) is 40.7 Å². The van der Waals surface area contributed by atoms with E-state index in [1.807, 2.05) is 26.0 Å². The first-order valence-electron chi connectivity index (χ1n) is 11.6. The quantitative estimate of drug-likeness (QED) is 0.548. The van der Waals surface area contributed by atoms with Crippen LogP contribution in [0.3, 0.4) is 0 Å². The molecule has 1 aliphatic rings. The summed E-state index contributed by atoms with van der Waals surface area (Å²) in [6, 6.07) is 9.21. The van der Waals surface area contributed by atoms with Crippen LogP contribution in [0.5, 0.6) is 11.6 Å². The summed E-state index contributed by atoms with van der Waals surface area (Å²) in [5.74, 6) is 2.00. The van der Waals surface area contributed by atoms with Crippen LogP contribution in [0.15, 0.2) is 35.3 Å². The fourth-order valence-corrected chi connectivity index (χ4v) is 4.44. The van der Waals surface area contributed by atoms with E-state index in [1.165, 1.54) is 4.57 Å². The van der Waals surface area contributed by atoms with Gasteiger partial charge in [0.25, 0.3) is 0 Å². The van der Waals surface area contributed by atoms with Crippen molar-refractivity contribution in [2.24, 2.45) is 13.0 Å². The van der Waals surface area contributed by atoms with E-state index >= 15 is 0 Å². The molecule has 9 nitrogen and oxygen atoms in total. The number of ether oxygens (including phenoxy) is 2. The number of nitrogens with zero attached hydrogens (tertiary/aromatic N) is 6. The first-order chi connectivity index (χ1) is 16.3. The van der Waals surface area contributed by atoms with Gasteiger partial charge in [0.1, 0.15) is 29.1 Å². The Kier molecular flexibility index (Phi) is 6.68. The van der Waals surface area contributed by atoms with Crippen molar-refractivity contribution in [2.75, 3.05) is 11.4 Å². The fraction of sp³-hybridized carbons (Fsp3) is 0.480. The molecule has 3 aromatic heterocycles. The molecule has 4 heterocycles. The number of aryl methyl sites for hydroxylation is 1. The summed E-state index contributed by atoms with van der Waals surface area (Å²) < 4.78 is 13.4. The number of hydrogen-bond acceptors (Lipinski definition) is 8. The summed E-state index contributed by atoms with van der Waals surface area (Å²) in [5.41, 5.74) is 1.16. The number of nitriles is 1. The van der Waals surface area contributed by atoms with Crippen molar-refractivity contribution in [1.82, 2.24) is 19.5 Å². The summed E-state index contributed by atoms with van der Waals surface area (Å²) in [6.45, 7) is 8.83. The molecule has 3 aromatic rings. The Hall–Kier alpha value is -3.67. The molecule has 0 spiro atoms. The third-order valence-electron chi connectivity index (χ3n) is 6.26. The van der Waals surface area contributed by atoms with Crippen molar-refractivity contribution in [3.05, 3.63) is 46.6 Å². The zero-order valence-corrected chi connectivity index (χ0v) is 20.2. The summed E-state index contributed by atoms with van der Waals surface area (Å²) in [6.07, 6.45) is 3.37. The molecule has 0 aromatic carbocycles. The van der Waals surface area contributed by atoms with Crippen molar-refractivity contribution < 1.29 is 9.47 Å². The van der Waals surface area contributed by atoms with Crippen LogP contribution >= 0.6 is 0 Å². The number of hydrogen-bond donors (Lipinski definition) is 0. The molecule has 0 saturated carbocycles. The molecule has 9 heteroatoms. The lowest BCUT2D eigenvalue weighted by Gasteiger charge is -2.43. The van der Waals surface area contributed by atoms with Crippen LogP contribution in [0.2, 0.25) is 0 Å². The maximum atomic E-state index is 12.6. The highest BCUT2D eigenvalue weighted by molar-refractivity contribution is 5.86. The van der Waals surface area contributed by atoms with E-state index in [-0.39, 0.29) is 29.9 Å². The molecule has 0 bridgehead atoms. The van der Waals surface area contributed by atoms with Crippen LogP contribution in [0.4, 0.5) is 5.82 Å². The van der Waals surface area contributed by atoms with Crippen LogP contribution in [0.25, 0.3) is 11.0 Å². The smallest absolute Gasteiger partial charge is 0.349 e. The summed E-state index contributed by atoms with van der Waals surface area (Å²) in [7, 11) is 1.66. The van der Waals surface area contributed by atoms with Gasteiger partial charge in [0.05, 0.1) is 17.8 Å². The van der Waals surface area contributed by atoms with Crippen molar-refractivity contribution in [1.29, 1.82) is 5.26 Å². The molecule has 3 atom stereocenters. The van der Waals surface area contributed by atoms with Gasteiger partial charge in [-0.15, -0.1) is 0 Å². The second-order valence-electron chi connectivity index (χ2n) is 9.01. The van der Waals surface area contributed by atoms with Crippen molar-refractivity contribution >= 4 is 16.9 Å². The lowest BCUT2D eigenvalue weighted by molar-refractivity contribution is 0.0908. The Balaban J connectivity index is 1.61. The Labute approximate surface area is 199 Å². The minimum atomic E-state index is -0.347. The molecule has 0 amide bonds. The standard InChI is InChI=1S/C25H30N6O3/c1-6-17-14-31(24-23-20(30(5)25(32)29-24)9-7-18(12-26)28-23)16(4)11-21(17)34-22-10-8-19(13-27-22)33-15(2)3/h7-10,13,15-17,21H,6,11,14H2,1-5H3/t16?,17-,21?/m1/s1. The molecule has 1 saturated heterocycles. The normalized spacial score (nSPS) is 20.4. The second kappa shape index (κ2) is 9.67. The zero-order chi connectivity index (χ0) is 24.4. The predicted octanol–water partition coefficient (Wildman–Crippen LogP) is 3.45. The topological polar surface area (TPSA) is 106 Å². The van der Waals surface area contributed by atoms with E-state index in [0.717, 1.165) is 12.8 Å². The van der Waals surface area contributed by atoms with E-state index in [9.17, 15) is 10.1 Å². The van der Waals surface area contributed by atoms with Gasteiger partial charge in [-0.25, -0.2) is 14.8 Å². The first-order valence-corrected chi connectivity index (χ1v) is 11.6. The van der Waals surface area contributed by atoms with E-state index < -0.39 is 0 Å². The Morgan fingerprint density at radius 3 is 2.68 bits per heavy atom. The average molecular weight is 463 g/mol. The molecule has 4 rings (SSSR count). The first kappa shape index (κ1) is 23.5. The van der Waals surface area contributed by atoms with Crippen LogP contribution in [0.1, 0.15) is 46.2 Å². The number of fused-ring (bicyclic) bond motifs is 1. The number of anilines is 1. The van der Waals surface area contributed by atoms with E-state index in [1.54, 1.807) is 25.4 Å². The Morgan fingerprint density at radius 2 is 2.03 bits per heavy atom. The minimum Gasteiger partial charge on any atom is -0.489 e. The molecular weight excluding hydrogens is 432 g/mol. The lowest BCUT2D eigenvalue weighted by atomic mass is 9.88. The van der Waals surface area contributed by atoms with Gasteiger partial charge in [0.2, 0.25) is 5.88 Å². The molecule has 34 heavy (non-hydrogen) atoms. The van der Waals surface area contributed by atoms with Crippen molar-refractivity contribution in [3.63, 3.8) is 0 Å². The lowest BCUT2D eigenvalue weighted by Crippen LogP contribution is -2.51. The Morgan fingerprint density at radius 1 is 1.24 bits per heavy atom. The van der Waals surface area contributed by atoms with Gasteiger partial charge in [0.15, 0.2) is 5.82 Å². The molecule has 1 fully saturated rings. The molecule has 2 unspecified atom stereocenters. The highest BCUT2D eigenvalue weighted by atomic mass is 16.5.